The number of piperazine rings is 1. The predicted octanol–water partition coefficient (Wildman–Crippen LogP) is 5.00. The highest BCUT2D eigenvalue weighted by Gasteiger charge is 2.45. The number of carbonyl (C=O) groups excluding carboxylic acids is 3. The Kier molecular flexibility index (Phi) is 9.13. The van der Waals surface area contributed by atoms with E-state index >= 15 is 0 Å². The van der Waals surface area contributed by atoms with Crippen LogP contribution in [0.2, 0.25) is 0 Å². The van der Waals surface area contributed by atoms with Gasteiger partial charge in [-0.1, -0.05) is 18.2 Å². The first kappa shape index (κ1) is 32.8. The summed E-state index contributed by atoms with van der Waals surface area (Å²) in [6.45, 7) is 6.13. The maximum atomic E-state index is 14.3. The maximum Gasteiger partial charge on any atom is 0.416 e. The molecule has 0 radical (unpaired) electrons. The van der Waals surface area contributed by atoms with Crippen LogP contribution in [0.25, 0.3) is 0 Å². The topological polar surface area (TPSA) is 134 Å². The van der Waals surface area contributed by atoms with Gasteiger partial charge in [-0.3, -0.25) is 14.5 Å². The molecule has 2 aromatic rings. The van der Waals surface area contributed by atoms with E-state index in [0.717, 1.165) is 28.0 Å². The fourth-order valence-corrected chi connectivity index (χ4v) is 5.23. The summed E-state index contributed by atoms with van der Waals surface area (Å²) in [6.07, 6.45) is -5.28. The van der Waals surface area contributed by atoms with Crippen molar-refractivity contribution >= 4 is 29.7 Å². The van der Waals surface area contributed by atoms with Crippen LogP contribution < -0.4 is 4.90 Å². The van der Waals surface area contributed by atoms with Crippen LogP contribution in [0.4, 0.5) is 28.4 Å². The minimum atomic E-state index is -4.73. The van der Waals surface area contributed by atoms with Gasteiger partial charge < -0.3 is 24.5 Å². The minimum absolute atomic E-state index is 0.00916. The quantitative estimate of drug-likeness (QED) is 0.493. The van der Waals surface area contributed by atoms with Crippen molar-refractivity contribution in [1.29, 1.82) is 5.26 Å². The van der Waals surface area contributed by atoms with Crippen LogP contribution in [0, 0.1) is 11.3 Å². The number of alkyl halides is 3. The van der Waals surface area contributed by atoms with E-state index in [2.05, 4.69) is 0 Å². The van der Waals surface area contributed by atoms with Gasteiger partial charge in [0.25, 0.3) is 5.91 Å². The Hall–Kier alpha value is -5.06. The van der Waals surface area contributed by atoms with Gasteiger partial charge in [0.2, 0.25) is 0 Å². The summed E-state index contributed by atoms with van der Waals surface area (Å²) in [5, 5.41) is 19.1. The monoisotopic (exact) mass is 627 g/mol. The second kappa shape index (κ2) is 12.5. The number of ether oxygens (including phenoxy) is 1. The zero-order chi connectivity index (χ0) is 33.3. The van der Waals surface area contributed by atoms with E-state index in [0.29, 0.717) is 5.56 Å². The second-order valence-corrected chi connectivity index (χ2v) is 11.6. The van der Waals surface area contributed by atoms with Crippen molar-refractivity contribution in [3.63, 3.8) is 0 Å². The molecule has 0 aliphatic carbocycles. The molecule has 45 heavy (non-hydrogen) atoms. The van der Waals surface area contributed by atoms with Crippen LogP contribution in [-0.2, 0) is 20.5 Å². The number of aliphatic carboxylic acids is 1. The Balaban J connectivity index is 1.82. The number of hydrogen-bond donors (Lipinski definition) is 1. The summed E-state index contributed by atoms with van der Waals surface area (Å²) < 4.78 is 46.3. The van der Waals surface area contributed by atoms with Crippen LogP contribution in [-0.4, -0.2) is 82.1 Å². The van der Waals surface area contributed by atoms with Crippen molar-refractivity contribution in [1.82, 2.24) is 14.7 Å². The van der Waals surface area contributed by atoms with Gasteiger partial charge in [0.1, 0.15) is 12.1 Å². The number of carboxylic acids is 1. The molecule has 0 bridgehead atoms. The van der Waals surface area contributed by atoms with Crippen LogP contribution in [0.3, 0.4) is 0 Å². The number of urea groups is 1. The first-order valence-corrected chi connectivity index (χ1v) is 14.0. The number of hydrogen-bond acceptors (Lipinski definition) is 6. The minimum Gasteiger partial charge on any atom is -0.480 e. The normalized spacial score (nSPS) is 17.7. The van der Waals surface area contributed by atoms with E-state index < -0.39 is 53.9 Å². The van der Waals surface area contributed by atoms with Crippen molar-refractivity contribution < 1.29 is 42.2 Å². The number of amides is 4. The lowest BCUT2D eigenvalue weighted by Crippen LogP contribution is -2.56. The largest absolute Gasteiger partial charge is 0.480 e. The van der Waals surface area contributed by atoms with Crippen molar-refractivity contribution in [3.8, 4) is 6.07 Å². The fraction of sp³-hybridized carbons (Fsp3) is 0.387. The highest BCUT2D eigenvalue weighted by molar-refractivity contribution is 6.05. The molecule has 2 aliphatic rings. The molecular formula is C31H32F3N5O6. The van der Waals surface area contributed by atoms with Gasteiger partial charge in [-0.15, -0.1) is 0 Å². The number of halogens is 3. The van der Waals surface area contributed by atoms with Gasteiger partial charge in [0.05, 0.1) is 34.5 Å². The van der Waals surface area contributed by atoms with Crippen LogP contribution >= 0.6 is 0 Å². The molecule has 11 nitrogen and oxygen atoms in total. The third kappa shape index (κ3) is 7.19. The Labute approximate surface area is 257 Å². The molecule has 4 rings (SSSR count). The van der Waals surface area contributed by atoms with Crippen molar-refractivity contribution in [2.24, 2.45) is 0 Å². The van der Waals surface area contributed by atoms with Crippen LogP contribution in [0.15, 0.2) is 59.8 Å². The van der Waals surface area contributed by atoms with E-state index in [4.69, 9.17) is 4.74 Å². The van der Waals surface area contributed by atoms with E-state index in [9.17, 15) is 42.7 Å². The molecule has 0 aromatic heterocycles. The van der Waals surface area contributed by atoms with Crippen molar-refractivity contribution in [2.45, 2.75) is 45.5 Å². The smallest absolute Gasteiger partial charge is 0.416 e. The molecule has 4 amide bonds. The van der Waals surface area contributed by atoms with Crippen LogP contribution in [0.5, 0.6) is 0 Å². The van der Waals surface area contributed by atoms with Crippen LogP contribution in [0.1, 0.15) is 50.4 Å². The molecule has 2 heterocycles. The van der Waals surface area contributed by atoms with Crippen molar-refractivity contribution in [2.75, 3.05) is 37.6 Å². The average Bonchev–Trinajstić information content (AvgIpc) is 2.97. The first-order valence-electron chi connectivity index (χ1n) is 14.0. The molecule has 0 spiro atoms. The number of rotatable bonds is 5. The molecule has 1 fully saturated rings. The molecule has 0 unspecified atom stereocenters. The molecule has 1 atom stereocenters. The number of carboxylic acid groups (broad SMARTS) is 1. The summed E-state index contributed by atoms with van der Waals surface area (Å²) >= 11 is 0. The number of nitriles is 1. The lowest BCUT2D eigenvalue weighted by molar-refractivity contribution is -0.139. The highest BCUT2D eigenvalue weighted by atomic mass is 19.4. The number of anilines is 1. The molecular weight excluding hydrogens is 595 g/mol. The summed E-state index contributed by atoms with van der Waals surface area (Å²) in [7, 11) is 0. The lowest BCUT2D eigenvalue weighted by Gasteiger charge is -2.44. The Morgan fingerprint density at radius 3 is 2.13 bits per heavy atom. The summed E-state index contributed by atoms with van der Waals surface area (Å²) in [4.78, 5) is 57.6. The number of benzene rings is 2. The Morgan fingerprint density at radius 2 is 1.60 bits per heavy atom. The van der Waals surface area contributed by atoms with Gasteiger partial charge >= 0.3 is 24.3 Å². The zero-order valence-corrected chi connectivity index (χ0v) is 25.1. The average molecular weight is 628 g/mol. The molecule has 14 heteroatoms. The third-order valence-corrected chi connectivity index (χ3v) is 7.29. The highest BCUT2D eigenvalue weighted by Crippen LogP contribution is 2.41. The Bertz CT molecular complexity index is 1570. The SMILES string of the molecule is CC1=C(C(=O)N2CCN(C(=O)OC(C)(C)C)CC2)[C@@H](c2ccc(C#N)cc2)N(CC(=O)O)C(=O)N1c1cccc(C(F)(F)F)c1. The molecule has 238 valence electrons. The number of allylic oxidation sites excluding steroid dienone is 1. The zero-order valence-electron chi connectivity index (χ0n) is 25.1. The standard InChI is InChI=1S/C31H32F3N5O6/c1-19-25(27(42)36-12-14-37(15-13-36)29(44)45-30(2,3)4)26(21-10-8-20(17-35)9-11-21)38(18-24(40)41)28(43)39(19)23-7-5-6-22(16-23)31(32,33)34/h5-11,16,26H,12-15,18H2,1-4H3,(H,40,41)/t26-/m1/s1. The molecule has 2 aromatic carbocycles. The molecule has 2 aliphatic heterocycles. The summed E-state index contributed by atoms with van der Waals surface area (Å²) in [5.41, 5.74) is -1.40. The van der Waals surface area contributed by atoms with Gasteiger partial charge in [-0.05, 0) is 63.6 Å². The summed E-state index contributed by atoms with van der Waals surface area (Å²) in [6, 6.07) is 9.63. The summed E-state index contributed by atoms with van der Waals surface area (Å²) in [5.74, 6) is -2.01. The first-order chi connectivity index (χ1) is 21.0. The molecule has 1 saturated heterocycles. The van der Waals surface area contributed by atoms with E-state index in [1.54, 1.807) is 20.8 Å². The number of carbonyl (C=O) groups is 4. The maximum absolute atomic E-state index is 14.3. The van der Waals surface area contributed by atoms with E-state index in [-0.39, 0.29) is 48.7 Å². The van der Waals surface area contributed by atoms with Gasteiger partial charge in [-0.25, -0.2) is 9.59 Å². The van der Waals surface area contributed by atoms with Crippen molar-refractivity contribution in [3.05, 3.63) is 76.5 Å². The molecule has 0 saturated carbocycles. The molecule has 1 N–H and O–H groups in total. The van der Waals surface area contributed by atoms with Gasteiger partial charge in [0, 0.05) is 31.9 Å². The van der Waals surface area contributed by atoms with E-state index in [1.807, 2.05) is 6.07 Å². The number of nitrogens with zero attached hydrogens (tertiary/aromatic N) is 5. The predicted molar refractivity (Wildman–Crippen MR) is 155 cm³/mol. The van der Waals surface area contributed by atoms with Gasteiger partial charge in [-0.2, -0.15) is 18.4 Å². The Morgan fingerprint density at radius 1 is 1.00 bits per heavy atom. The third-order valence-electron chi connectivity index (χ3n) is 7.29. The fourth-order valence-electron chi connectivity index (χ4n) is 5.23. The lowest BCUT2D eigenvalue weighted by atomic mass is 9.91. The van der Waals surface area contributed by atoms with Gasteiger partial charge in [0.15, 0.2) is 0 Å². The van der Waals surface area contributed by atoms with E-state index in [1.165, 1.54) is 47.1 Å². The second-order valence-electron chi connectivity index (χ2n) is 11.6.